The molecular formula is C19H27IN4O3. The maximum atomic E-state index is 11.8. The minimum Gasteiger partial charge on any atom is -0.496 e. The number of hydrogen-bond acceptors (Lipinski definition) is 4. The smallest absolute Gasteiger partial charge is 0.287 e. The number of nitrogens with one attached hydrogen (secondary N) is 3. The van der Waals surface area contributed by atoms with E-state index in [4.69, 9.17) is 9.15 Å². The SMILES string of the molecule is CCNC(=NCc1ccc(C)cc1OC)NCCNC(=O)c1ccco1.I. The van der Waals surface area contributed by atoms with Crippen LogP contribution in [0.4, 0.5) is 0 Å². The van der Waals surface area contributed by atoms with Crippen LogP contribution in [0.3, 0.4) is 0 Å². The number of ether oxygens (including phenoxy) is 1. The van der Waals surface area contributed by atoms with Crippen LogP contribution in [0.25, 0.3) is 0 Å². The van der Waals surface area contributed by atoms with Crippen molar-refractivity contribution in [2.75, 3.05) is 26.7 Å². The van der Waals surface area contributed by atoms with Crippen molar-refractivity contribution >= 4 is 35.8 Å². The highest BCUT2D eigenvalue weighted by Crippen LogP contribution is 2.20. The normalized spacial score (nSPS) is 10.7. The summed E-state index contributed by atoms with van der Waals surface area (Å²) >= 11 is 0. The number of nitrogens with zero attached hydrogens (tertiary/aromatic N) is 1. The number of guanidine groups is 1. The highest BCUT2D eigenvalue weighted by Gasteiger charge is 2.07. The highest BCUT2D eigenvalue weighted by atomic mass is 127. The van der Waals surface area contributed by atoms with Gasteiger partial charge >= 0.3 is 0 Å². The summed E-state index contributed by atoms with van der Waals surface area (Å²) in [5.41, 5.74) is 2.16. The summed E-state index contributed by atoms with van der Waals surface area (Å²) in [4.78, 5) is 16.4. The molecule has 2 rings (SSSR count). The van der Waals surface area contributed by atoms with Crippen LogP contribution in [-0.2, 0) is 6.54 Å². The van der Waals surface area contributed by atoms with Crippen molar-refractivity contribution in [1.29, 1.82) is 0 Å². The monoisotopic (exact) mass is 486 g/mol. The van der Waals surface area contributed by atoms with Crippen molar-refractivity contribution in [3.63, 3.8) is 0 Å². The average molecular weight is 486 g/mol. The molecule has 0 aliphatic heterocycles. The van der Waals surface area contributed by atoms with E-state index in [1.165, 1.54) is 6.26 Å². The summed E-state index contributed by atoms with van der Waals surface area (Å²) < 4.78 is 10.5. The van der Waals surface area contributed by atoms with E-state index in [-0.39, 0.29) is 29.9 Å². The zero-order chi connectivity index (χ0) is 18.8. The zero-order valence-electron chi connectivity index (χ0n) is 15.9. The number of benzene rings is 1. The molecule has 0 aliphatic rings. The molecule has 0 saturated carbocycles. The molecule has 0 spiro atoms. The van der Waals surface area contributed by atoms with E-state index in [0.29, 0.717) is 31.4 Å². The van der Waals surface area contributed by atoms with Gasteiger partial charge in [0.05, 0.1) is 19.9 Å². The molecule has 1 aromatic heterocycles. The Balaban J connectivity index is 0.00000364. The van der Waals surface area contributed by atoms with E-state index < -0.39 is 0 Å². The van der Waals surface area contributed by atoms with Gasteiger partial charge in [0.2, 0.25) is 0 Å². The summed E-state index contributed by atoms with van der Waals surface area (Å²) in [6.45, 7) is 6.27. The molecule has 1 heterocycles. The molecule has 0 aliphatic carbocycles. The van der Waals surface area contributed by atoms with Crippen molar-refractivity contribution < 1.29 is 13.9 Å². The lowest BCUT2D eigenvalue weighted by atomic mass is 10.1. The van der Waals surface area contributed by atoms with E-state index in [1.54, 1.807) is 19.2 Å². The molecule has 1 amide bonds. The van der Waals surface area contributed by atoms with Crippen LogP contribution in [0.15, 0.2) is 46.0 Å². The number of halogens is 1. The van der Waals surface area contributed by atoms with Gasteiger partial charge in [0.25, 0.3) is 5.91 Å². The van der Waals surface area contributed by atoms with Gasteiger partial charge in [-0.25, -0.2) is 4.99 Å². The van der Waals surface area contributed by atoms with Gasteiger partial charge < -0.3 is 25.1 Å². The fraction of sp³-hybridized carbons (Fsp3) is 0.368. The van der Waals surface area contributed by atoms with Gasteiger partial charge in [0, 0.05) is 25.2 Å². The second-order valence-corrected chi connectivity index (χ2v) is 5.67. The number of furan rings is 1. The lowest BCUT2D eigenvalue weighted by Gasteiger charge is -2.12. The fourth-order valence-electron chi connectivity index (χ4n) is 2.34. The number of aliphatic imine (C=N–C) groups is 1. The Labute approximate surface area is 177 Å². The molecule has 27 heavy (non-hydrogen) atoms. The zero-order valence-corrected chi connectivity index (χ0v) is 18.2. The lowest BCUT2D eigenvalue weighted by molar-refractivity contribution is 0.0926. The van der Waals surface area contributed by atoms with Crippen LogP contribution in [0, 0.1) is 6.92 Å². The van der Waals surface area contributed by atoms with Gasteiger partial charge in [-0.15, -0.1) is 24.0 Å². The second kappa shape index (κ2) is 12.2. The molecule has 0 bridgehead atoms. The number of carbonyl (C=O) groups is 1. The Morgan fingerprint density at radius 2 is 1.96 bits per heavy atom. The molecule has 2 aromatic rings. The summed E-state index contributed by atoms with van der Waals surface area (Å²) in [5, 5.41) is 9.16. The first-order valence-electron chi connectivity index (χ1n) is 8.61. The van der Waals surface area contributed by atoms with Gasteiger partial charge in [-0.1, -0.05) is 12.1 Å². The average Bonchev–Trinajstić information content (AvgIpc) is 3.18. The van der Waals surface area contributed by atoms with Gasteiger partial charge in [-0.3, -0.25) is 4.79 Å². The Bertz CT molecular complexity index is 733. The van der Waals surface area contributed by atoms with Gasteiger partial charge in [-0.05, 0) is 37.6 Å². The van der Waals surface area contributed by atoms with E-state index in [9.17, 15) is 4.79 Å². The third kappa shape index (κ3) is 7.49. The summed E-state index contributed by atoms with van der Waals surface area (Å²) in [6, 6.07) is 9.36. The lowest BCUT2D eigenvalue weighted by Crippen LogP contribution is -2.41. The molecule has 0 fully saturated rings. The molecule has 1 aromatic carbocycles. The predicted molar refractivity (Wildman–Crippen MR) is 117 cm³/mol. The largest absolute Gasteiger partial charge is 0.496 e. The van der Waals surface area contributed by atoms with Crippen LogP contribution in [0.1, 0.15) is 28.6 Å². The number of amides is 1. The number of aryl methyl sites for hydroxylation is 1. The second-order valence-electron chi connectivity index (χ2n) is 5.67. The first kappa shape index (κ1) is 22.8. The minimum atomic E-state index is -0.233. The van der Waals surface area contributed by atoms with Crippen LogP contribution in [-0.4, -0.2) is 38.6 Å². The minimum absolute atomic E-state index is 0. The number of methoxy groups -OCH3 is 1. The van der Waals surface area contributed by atoms with E-state index >= 15 is 0 Å². The van der Waals surface area contributed by atoms with Gasteiger partial charge in [0.1, 0.15) is 5.75 Å². The van der Waals surface area contributed by atoms with Gasteiger partial charge in [-0.2, -0.15) is 0 Å². The van der Waals surface area contributed by atoms with E-state index in [2.05, 4.69) is 20.9 Å². The Hall–Kier alpha value is -2.23. The van der Waals surface area contributed by atoms with Crippen molar-refractivity contribution in [3.8, 4) is 5.75 Å². The maximum Gasteiger partial charge on any atom is 0.287 e. The van der Waals surface area contributed by atoms with Crippen molar-refractivity contribution in [2.45, 2.75) is 20.4 Å². The van der Waals surface area contributed by atoms with Gasteiger partial charge in [0.15, 0.2) is 11.7 Å². The first-order valence-corrected chi connectivity index (χ1v) is 8.61. The summed E-state index contributed by atoms with van der Waals surface area (Å²) in [6.07, 6.45) is 1.47. The summed E-state index contributed by atoms with van der Waals surface area (Å²) in [7, 11) is 1.66. The number of carbonyl (C=O) groups excluding carboxylic acids is 1. The topological polar surface area (TPSA) is 87.9 Å². The molecule has 0 radical (unpaired) electrons. The first-order chi connectivity index (χ1) is 12.6. The molecule has 0 unspecified atom stereocenters. The van der Waals surface area contributed by atoms with Crippen LogP contribution < -0.4 is 20.7 Å². The summed E-state index contributed by atoms with van der Waals surface area (Å²) in [5.74, 6) is 1.58. The van der Waals surface area contributed by atoms with Crippen LogP contribution >= 0.6 is 24.0 Å². The third-order valence-corrected chi connectivity index (χ3v) is 3.64. The molecule has 148 valence electrons. The maximum absolute atomic E-state index is 11.8. The van der Waals surface area contributed by atoms with Crippen molar-refractivity contribution in [2.24, 2.45) is 4.99 Å². The van der Waals surface area contributed by atoms with E-state index in [1.807, 2.05) is 32.0 Å². The molecule has 7 nitrogen and oxygen atoms in total. The number of rotatable bonds is 8. The Morgan fingerprint density at radius 3 is 2.63 bits per heavy atom. The standard InChI is InChI=1S/C19H26N4O3.HI/c1-4-20-19(22-10-9-21-18(24)16-6-5-11-26-16)23-13-15-8-7-14(2)12-17(15)25-3;/h5-8,11-12H,4,9-10,13H2,1-3H3,(H,21,24)(H2,20,22,23);1H. The Kier molecular flexibility index (Phi) is 10.3. The molecule has 8 heteroatoms. The molecule has 3 N–H and O–H groups in total. The molecule has 0 saturated heterocycles. The predicted octanol–water partition coefficient (Wildman–Crippen LogP) is 2.70. The van der Waals surface area contributed by atoms with Crippen LogP contribution in [0.2, 0.25) is 0 Å². The van der Waals surface area contributed by atoms with Crippen molar-refractivity contribution in [1.82, 2.24) is 16.0 Å². The molecular weight excluding hydrogens is 459 g/mol. The van der Waals surface area contributed by atoms with Crippen molar-refractivity contribution in [3.05, 3.63) is 53.5 Å². The molecule has 0 atom stereocenters. The Morgan fingerprint density at radius 1 is 1.19 bits per heavy atom. The fourth-order valence-corrected chi connectivity index (χ4v) is 2.34. The quantitative estimate of drug-likeness (QED) is 0.231. The van der Waals surface area contributed by atoms with E-state index in [0.717, 1.165) is 23.4 Å². The number of hydrogen-bond donors (Lipinski definition) is 3. The highest BCUT2D eigenvalue weighted by molar-refractivity contribution is 14.0. The third-order valence-electron chi connectivity index (χ3n) is 3.64. The van der Waals surface area contributed by atoms with Crippen LogP contribution in [0.5, 0.6) is 5.75 Å².